The summed E-state index contributed by atoms with van der Waals surface area (Å²) in [7, 11) is -2.15. The first kappa shape index (κ1) is 21.8. The predicted molar refractivity (Wildman–Crippen MR) is 116 cm³/mol. The van der Waals surface area contributed by atoms with E-state index in [4.69, 9.17) is 9.47 Å². The van der Waals surface area contributed by atoms with Gasteiger partial charge >= 0.3 is 0 Å². The summed E-state index contributed by atoms with van der Waals surface area (Å²) in [6.07, 6.45) is 0. The molecule has 0 spiro atoms. The lowest BCUT2D eigenvalue weighted by Gasteiger charge is -2.10. The van der Waals surface area contributed by atoms with Gasteiger partial charge in [0.15, 0.2) is 0 Å². The van der Waals surface area contributed by atoms with Crippen LogP contribution in [0.5, 0.6) is 11.5 Å². The minimum absolute atomic E-state index is 0.0411. The summed E-state index contributed by atoms with van der Waals surface area (Å²) in [5.74, 6) is 0.940. The van der Waals surface area contributed by atoms with Gasteiger partial charge in [-0.3, -0.25) is 4.79 Å². The minimum Gasteiger partial charge on any atom is -0.497 e. The Morgan fingerprint density at radius 3 is 2.60 bits per heavy atom. The summed E-state index contributed by atoms with van der Waals surface area (Å²) in [4.78, 5) is 13.3. The number of carbonyl (C=O) groups excluding carboxylic acids is 1. The Hall–Kier alpha value is -2.88. The lowest BCUT2D eigenvalue weighted by molar-refractivity contribution is 0.0946. The second-order valence-corrected chi connectivity index (χ2v) is 9.01. The molecule has 30 heavy (non-hydrogen) atoms. The van der Waals surface area contributed by atoms with Crippen molar-refractivity contribution in [2.24, 2.45) is 0 Å². The largest absolute Gasteiger partial charge is 0.497 e. The summed E-state index contributed by atoms with van der Waals surface area (Å²) in [6, 6.07) is 16.8. The SMILES string of the molecule is COc1cccc(OCCNC(=O)c2cccc(S(=O)(=O)NCc3cccs3)c2)c1. The molecule has 0 aliphatic heterocycles. The van der Waals surface area contributed by atoms with Crippen LogP contribution in [0.3, 0.4) is 0 Å². The monoisotopic (exact) mass is 446 g/mol. The molecule has 9 heteroatoms. The van der Waals surface area contributed by atoms with Crippen molar-refractivity contribution >= 4 is 27.3 Å². The van der Waals surface area contributed by atoms with Crippen LogP contribution >= 0.6 is 11.3 Å². The van der Waals surface area contributed by atoms with E-state index in [1.165, 1.54) is 23.5 Å². The summed E-state index contributed by atoms with van der Waals surface area (Å²) >= 11 is 1.47. The molecule has 3 aromatic rings. The van der Waals surface area contributed by atoms with Gasteiger partial charge < -0.3 is 14.8 Å². The molecule has 2 aromatic carbocycles. The lowest BCUT2D eigenvalue weighted by atomic mass is 10.2. The minimum atomic E-state index is -3.72. The van der Waals surface area contributed by atoms with E-state index in [2.05, 4.69) is 10.0 Å². The van der Waals surface area contributed by atoms with Crippen LogP contribution in [0.25, 0.3) is 0 Å². The molecule has 1 heterocycles. The van der Waals surface area contributed by atoms with E-state index < -0.39 is 10.0 Å². The van der Waals surface area contributed by atoms with E-state index in [1.54, 1.807) is 31.4 Å². The Bertz CT molecular complexity index is 1080. The fourth-order valence-electron chi connectivity index (χ4n) is 2.59. The summed E-state index contributed by atoms with van der Waals surface area (Å²) < 4.78 is 38.3. The van der Waals surface area contributed by atoms with Crippen LogP contribution in [-0.2, 0) is 16.6 Å². The highest BCUT2D eigenvalue weighted by atomic mass is 32.2. The molecular weight excluding hydrogens is 424 g/mol. The average Bonchev–Trinajstić information content (AvgIpc) is 3.29. The second kappa shape index (κ2) is 10.2. The van der Waals surface area contributed by atoms with Gasteiger partial charge in [0.25, 0.3) is 5.91 Å². The van der Waals surface area contributed by atoms with Gasteiger partial charge in [0.2, 0.25) is 10.0 Å². The maximum absolute atomic E-state index is 12.5. The van der Waals surface area contributed by atoms with Gasteiger partial charge in [0.05, 0.1) is 18.6 Å². The van der Waals surface area contributed by atoms with Gasteiger partial charge in [0, 0.05) is 23.1 Å². The number of rotatable bonds is 10. The number of ether oxygens (including phenoxy) is 2. The van der Waals surface area contributed by atoms with Gasteiger partial charge in [-0.15, -0.1) is 11.3 Å². The lowest BCUT2D eigenvalue weighted by Crippen LogP contribution is -2.28. The first-order valence-electron chi connectivity index (χ1n) is 9.15. The van der Waals surface area contributed by atoms with E-state index in [1.807, 2.05) is 29.6 Å². The first-order chi connectivity index (χ1) is 14.5. The topological polar surface area (TPSA) is 93.7 Å². The molecule has 0 atom stereocenters. The fraction of sp³-hybridized carbons (Fsp3) is 0.190. The number of hydrogen-bond acceptors (Lipinski definition) is 6. The molecule has 0 radical (unpaired) electrons. The van der Waals surface area contributed by atoms with Crippen molar-refractivity contribution < 1.29 is 22.7 Å². The number of benzene rings is 2. The van der Waals surface area contributed by atoms with Crippen molar-refractivity contribution in [1.82, 2.24) is 10.0 Å². The molecule has 0 saturated carbocycles. The molecule has 0 fully saturated rings. The predicted octanol–water partition coefficient (Wildman–Crippen LogP) is 3.04. The van der Waals surface area contributed by atoms with Crippen LogP contribution in [0.2, 0.25) is 0 Å². The number of amides is 1. The first-order valence-corrected chi connectivity index (χ1v) is 11.5. The normalized spacial score (nSPS) is 11.1. The summed E-state index contributed by atoms with van der Waals surface area (Å²) in [6.45, 7) is 0.737. The number of carbonyl (C=O) groups is 1. The van der Waals surface area contributed by atoms with Crippen LogP contribution in [0, 0.1) is 0 Å². The smallest absolute Gasteiger partial charge is 0.251 e. The Morgan fingerprint density at radius 2 is 1.83 bits per heavy atom. The zero-order valence-electron chi connectivity index (χ0n) is 16.3. The van der Waals surface area contributed by atoms with Crippen LogP contribution < -0.4 is 19.5 Å². The van der Waals surface area contributed by atoms with Crippen molar-refractivity contribution in [3.63, 3.8) is 0 Å². The van der Waals surface area contributed by atoms with Crippen LogP contribution in [-0.4, -0.2) is 34.6 Å². The molecule has 2 N–H and O–H groups in total. The highest BCUT2D eigenvalue weighted by Crippen LogP contribution is 2.18. The van der Waals surface area contributed by atoms with E-state index in [0.29, 0.717) is 11.5 Å². The summed E-state index contributed by atoms with van der Waals surface area (Å²) in [5, 5.41) is 4.60. The molecule has 1 aromatic heterocycles. The van der Waals surface area contributed by atoms with E-state index in [0.717, 1.165) is 4.88 Å². The standard InChI is InChI=1S/C21H22N2O5S2/c1-27-17-6-3-7-18(14-17)28-11-10-22-21(24)16-5-2-9-20(13-16)30(25,26)23-15-19-8-4-12-29-19/h2-9,12-14,23H,10-11,15H2,1H3,(H,22,24). The van der Waals surface area contributed by atoms with Crippen LogP contribution in [0.4, 0.5) is 0 Å². The molecular formula is C21H22N2O5S2. The molecule has 0 unspecified atom stereocenters. The van der Waals surface area contributed by atoms with E-state index in [9.17, 15) is 13.2 Å². The van der Waals surface area contributed by atoms with Gasteiger partial charge in [0.1, 0.15) is 18.1 Å². The van der Waals surface area contributed by atoms with Gasteiger partial charge in [-0.1, -0.05) is 18.2 Å². The highest BCUT2D eigenvalue weighted by molar-refractivity contribution is 7.89. The van der Waals surface area contributed by atoms with E-state index in [-0.39, 0.29) is 36.1 Å². The quantitative estimate of drug-likeness (QED) is 0.467. The van der Waals surface area contributed by atoms with Crippen molar-refractivity contribution in [1.29, 1.82) is 0 Å². The van der Waals surface area contributed by atoms with Crippen molar-refractivity contribution in [2.75, 3.05) is 20.3 Å². The van der Waals surface area contributed by atoms with Crippen molar-refractivity contribution in [2.45, 2.75) is 11.4 Å². The number of sulfonamides is 1. The average molecular weight is 447 g/mol. The molecule has 158 valence electrons. The van der Waals surface area contributed by atoms with E-state index >= 15 is 0 Å². The number of thiophene rings is 1. The molecule has 0 aliphatic rings. The zero-order chi connectivity index (χ0) is 21.4. The van der Waals surface area contributed by atoms with Crippen LogP contribution in [0.15, 0.2) is 70.9 Å². The molecule has 1 amide bonds. The van der Waals surface area contributed by atoms with Crippen molar-refractivity contribution in [3.8, 4) is 11.5 Å². The Kier molecular flexibility index (Phi) is 7.45. The van der Waals surface area contributed by atoms with Gasteiger partial charge in [-0.05, 0) is 41.8 Å². The maximum atomic E-state index is 12.5. The highest BCUT2D eigenvalue weighted by Gasteiger charge is 2.16. The third-order valence-corrected chi connectivity index (χ3v) is 6.40. The zero-order valence-corrected chi connectivity index (χ0v) is 18.0. The Balaban J connectivity index is 1.53. The molecule has 0 aliphatic carbocycles. The van der Waals surface area contributed by atoms with Gasteiger partial charge in [-0.25, -0.2) is 13.1 Å². The van der Waals surface area contributed by atoms with Crippen molar-refractivity contribution in [3.05, 3.63) is 76.5 Å². The van der Waals surface area contributed by atoms with Crippen LogP contribution in [0.1, 0.15) is 15.2 Å². The molecule has 0 bridgehead atoms. The number of nitrogens with one attached hydrogen (secondary N) is 2. The molecule has 0 saturated heterocycles. The number of methoxy groups -OCH3 is 1. The number of hydrogen-bond donors (Lipinski definition) is 2. The third-order valence-electron chi connectivity index (χ3n) is 4.12. The molecule has 7 nitrogen and oxygen atoms in total. The maximum Gasteiger partial charge on any atom is 0.251 e. The molecule has 3 rings (SSSR count). The van der Waals surface area contributed by atoms with Gasteiger partial charge in [-0.2, -0.15) is 0 Å². The Morgan fingerprint density at radius 1 is 1.03 bits per heavy atom. The fourth-order valence-corrected chi connectivity index (χ4v) is 4.38. The second-order valence-electron chi connectivity index (χ2n) is 6.22. The Labute approximate surface area is 179 Å². The summed E-state index contributed by atoms with van der Waals surface area (Å²) in [5.41, 5.74) is 0.260. The third kappa shape index (κ3) is 6.06.